The lowest BCUT2D eigenvalue weighted by atomic mass is 10.3. The van der Waals surface area contributed by atoms with Gasteiger partial charge in [-0.25, -0.2) is 0 Å². The summed E-state index contributed by atoms with van der Waals surface area (Å²) in [4.78, 5) is 2.27. The van der Waals surface area contributed by atoms with Crippen LogP contribution in [0.2, 0.25) is 0 Å². The third kappa shape index (κ3) is 5.30. The van der Waals surface area contributed by atoms with Gasteiger partial charge in [0.15, 0.2) is 5.11 Å². The lowest BCUT2D eigenvalue weighted by Gasteiger charge is -2.30. The predicted octanol–water partition coefficient (Wildman–Crippen LogP) is 0.190. The number of morpholine rings is 1. The summed E-state index contributed by atoms with van der Waals surface area (Å²) in [6.45, 7) is 7.72. The van der Waals surface area contributed by atoms with Crippen LogP contribution in [0.15, 0.2) is 0 Å². The van der Waals surface area contributed by atoms with Crippen LogP contribution in [0, 0.1) is 0 Å². The molecule has 1 heterocycles. The summed E-state index contributed by atoms with van der Waals surface area (Å²) in [7, 11) is 2.11. The van der Waals surface area contributed by atoms with E-state index in [0.717, 1.165) is 26.2 Å². The van der Waals surface area contributed by atoms with Gasteiger partial charge < -0.3 is 20.3 Å². The van der Waals surface area contributed by atoms with Crippen LogP contribution in [0.4, 0.5) is 0 Å². The molecule has 0 amide bonds. The standard InChI is InChI=1S/C10H21N3OS/c1-8(2)12-10(15)11-6-9-7-13(3)4-5-14-9/h8-9H,4-7H2,1-3H3,(H2,11,12,15). The number of nitrogens with zero attached hydrogens (tertiary/aromatic N) is 1. The molecular weight excluding hydrogens is 210 g/mol. The van der Waals surface area contributed by atoms with Gasteiger partial charge >= 0.3 is 0 Å². The van der Waals surface area contributed by atoms with Crippen LogP contribution >= 0.6 is 12.2 Å². The topological polar surface area (TPSA) is 36.5 Å². The van der Waals surface area contributed by atoms with E-state index in [2.05, 4.69) is 36.4 Å². The molecule has 0 spiro atoms. The molecule has 0 radical (unpaired) electrons. The van der Waals surface area contributed by atoms with E-state index < -0.39 is 0 Å². The first-order chi connectivity index (χ1) is 7.08. The fourth-order valence-electron chi connectivity index (χ4n) is 1.51. The number of thiocarbonyl (C=S) groups is 1. The lowest BCUT2D eigenvalue weighted by molar-refractivity contribution is -0.0160. The second-order valence-corrected chi connectivity index (χ2v) is 4.67. The normalized spacial score (nSPS) is 22.8. The van der Waals surface area contributed by atoms with E-state index in [1.165, 1.54) is 0 Å². The molecule has 1 saturated heterocycles. The molecule has 0 aromatic heterocycles. The Hall–Kier alpha value is -0.390. The van der Waals surface area contributed by atoms with Crippen LogP contribution in [0.3, 0.4) is 0 Å². The Kier molecular flexibility index (Phi) is 5.28. The number of hydrogen-bond acceptors (Lipinski definition) is 3. The number of nitrogens with one attached hydrogen (secondary N) is 2. The second kappa shape index (κ2) is 6.25. The second-order valence-electron chi connectivity index (χ2n) is 4.26. The largest absolute Gasteiger partial charge is 0.374 e. The maximum absolute atomic E-state index is 5.61. The van der Waals surface area contributed by atoms with Gasteiger partial charge in [-0.15, -0.1) is 0 Å². The molecule has 4 nitrogen and oxygen atoms in total. The molecule has 0 aliphatic carbocycles. The van der Waals surface area contributed by atoms with E-state index in [4.69, 9.17) is 17.0 Å². The molecule has 15 heavy (non-hydrogen) atoms. The zero-order valence-corrected chi connectivity index (χ0v) is 10.6. The minimum Gasteiger partial charge on any atom is -0.374 e. The van der Waals surface area contributed by atoms with E-state index in [1.54, 1.807) is 0 Å². The van der Waals surface area contributed by atoms with Crippen LogP contribution in [0.1, 0.15) is 13.8 Å². The highest BCUT2D eigenvalue weighted by atomic mass is 32.1. The molecule has 0 aromatic rings. The van der Waals surface area contributed by atoms with Gasteiger partial charge in [-0.3, -0.25) is 0 Å². The molecular formula is C10H21N3OS. The van der Waals surface area contributed by atoms with Crippen LogP contribution in [-0.4, -0.2) is 55.4 Å². The van der Waals surface area contributed by atoms with Crippen molar-refractivity contribution in [3.8, 4) is 0 Å². The molecule has 1 fully saturated rings. The van der Waals surface area contributed by atoms with Crippen molar-refractivity contribution in [2.24, 2.45) is 0 Å². The van der Waals surface area contributed by atoms with Gasteiger partial charge in [-0.1, -0.05) is 0 Å². The Bertz CT molecular complexity index is 211. The van der Waals surface area contributed by atoms with Crippen molar-refractivity contribution < 1.29 is 4.74 Å². The summed E-state index contributed by atoms with van der Waals surface area (Å²) in [5, 5.41) is 7.03. The smallest absolute Gasteiger partial charge is 0.166 e. The van der Waals surface area contributed by atoms with Crippen molar-refractivity contribution in [1.29, 1.82) is 0 Å². The first kappa shape index (κ1) is 12.7. The molecule has 0 bridgehead atoms. The summed E-state index contributed by atoms with van der Waals surface area (Å²) in [6.07, 6.45) is 0.246. The zero-order valence-electron chi connectivity index (χ0n) is 9.75. The number of rotatable bonds is 3. The highest BCUT2D eigenvalue weighted by Gasteiger charge is 2.17. The van der Waals surface area contributed by atoms with Crippen molar-refractivity contribution in [1.82, 2.24) is 15.5 Å². The fraction of sp³-hybridized carbons (Fsp3) is 0.900. The third-order valence-electron chi connectivity index (χ3n) is 2.25. The van der Waals surface area contributed by atoms with Gasteiger partial charge in [0.25, 0.3) is 0 Å². The maximum Gasteiger partial charge on any atom is 0.166 e. The van der Waals surface area contributed by atoms with Gasteiger partial charge in [-0.05, 0) is 33.1 Å². The Morgan fingerprint density at radius 2 is 2.33 bits per heavy atom. The van der Waals surface area contributed by atoms with Gasteiger partial charge in [0.05, 0.1) is 12.7 Å². The SMILES string of the molecule is CC(C)NC(=S)NCC1CN(C)CCO1. The molecule has 88 valence electrons. The number of likely N-dealkylation sites (N-methyl/N-ethyl adjacent to an activating group) is 1. The average Bonchev–Trinajstić information content (AvgIpc) is 2.14. The molecule has 1 aliphatic rings. The van der Waals surface area contributed by atoms with Crippen molar-refractivity contribution in [2.45, 2.75) is 26.0 Å². The number of hydrogen-bond donors (Lipinski definition) is 2. The van der Waals surface area contributed by atoms with E-state index in [1.807, 2.05) is 0 Å². The van der Waals surface area contributed by atoms with Crippen LogP contribution in [-0.2, 0) is 4.74 Å². The minimum atomic E-state index is 0.246. The first-order valence-electron chi connectivity index (χ1n) is 5.42. The van der Waals surface area contributed by atoms with Gasteiger partial charge in [-0.2, -0.15) is 0 Å². The van der Waals surface area contributed by atoms with E-state index in [0.29, 0.717) is 11.2 Å². The Balaban J connectivity index is 2.16. The molecule has 1 rings (SSSR count). The first-order valence-corrected chi connectivity index (χ1v) is 5.83. The van der Waals surface area contributed by atoms with Gasteiger partial charge in [0.1, 0.15) is 0 Å². The molecule has 1 aliphatic heterocycles. The zero-order chi connectivity index (χ0) is 11.3. The fourth-order valence-corrected chi connectivity index (χ4v) is 1.83. The van der Waals surface area contributed by atoms with E-state index in [-0.39, 0.29) is 6.10 Å². The molecule has 1 unspecified atom stereocenters. The van der Waals surface area contributed by atoms with E-state index >= 15 is 0 Å². The van der Waals surface area contributed by atoms with Crippen LogP contribution < -0.4 is 10.6 Å². The summed E-state index contributed by atoms with van der Waals surface area (Å²) < 4.78 is 5.61. The maximum atomic E-state index is 5.61. The van der Waals surface area contributed by atoms with Crippen LogP contribution in [0.5, 0.6) is 0 Å². The van der Waals surface area contributed by atoms with Gasteiger partial charge in [0, 0.05) is 25.7 Å². The highest BCUT2D eigenvalue weighted by molar-refractivity contribution is 7.80. The average molecular weight is 231 g/mol. The Morgan fingerprint density at radius 1 is 1.60 bits per heavy atom. The van der Waals surface area contributed by atoms with Crippen LogP contribution in [0.25, 0.3) is 0 Å². The van der Waals surface area contributed by atoms with E-state index in [9.17, 15) is 0 Å². The molecule has 0 aromatic carbocycles. The molecule has 5 heteroatoms. The van der Waals surface area contributed by atoms with Crippen molar-refractivity contribution in [2.75, 3.05) is 33.3 Å². The summed E-state index contributed by atoms with van der Waals surface area (Å²) in [5.74, 6) is 0. The van der Waals surface area contributed by atoms with Crippen molar-refractivity contribution >= 4 is 17.3 Å². The summed E-state index contributed by atoms with van der Waals surface area (Å²) >= 11 is 5.14. The summed E-state index contributed by atoms with van der Waals surface area (Å²) in [6, 6.07) is 0.375. The Labute approximate surface area is 97.3 Å². The predicted molar refractivity (Wildman–Crippen MR) is 66.1 cm³/mol. The molecule has 1 atom stereocenters. The highest BCUT2D eigenvalue weighted by Crippen LogP contribution is 2.01. The molecule has 2 N–H and O–H groups in total. The minimum absolute atomic E-state index is 0.246. The lowest BCUT2D eigenvalue weighted by Crippen LogP contribution is -2.48. The Morgan fingerprint density at radius 3 is 2.93 bits per heavy atom. The molecule has 0 saturated carbocycles. The van der Waals surface area contributed by atoms with Gasteiger partial charge in [0.2, 0.25) is 0 Å². The monoisotopic (exact) mass is 231 g/mol. The van der Waals surface area contributed by atoms with Crippen molar-refractivity contribution in [3.63, 3.8) is 0 Å². The van der Waals surface area contributed by atoms with Crippen molar-refractivity contribution in [3.05, 3.63) is 0 Å². The summed E-state index contributed by atoms with van der Waals surface area (Å²) in [5.41, 5.74) is 0. The number of ether oxygens (including phenoxy) is 1. The third-order valence-corrected chi connectivity index (χ3v) is 2.51. The quantitative estimate of drug-likeness (QED) is 0.678.